The Kier molecular flexibility index (Phi) is 3.94. The third-order valence-electron chi connectivity index (χ3n) is 2.23. The molecule has 0 radical (unpaired) electrons. The number of nitrogens with one attached hydrogen (secondary N) is 1. The maximum atomic E-state index is 14.2. The molecule has 15 heavy (non-hydrogen) atoms. The Bertz CT molecular complexity index is 341. The number of hydrogen-bond acceptors (Lipinski definition) is 2. The van der Waals surface area contributed by atoms with E-state index in [1.807, 2.05) is 0 Å². The highest BCUT2D eigenvalue weighted by atomic mass is 35.5. The lowest BCUT2D eigenvalue weighted by molar-refractivity contribution is 0.184. The Labute approximate surface area is 94.4 Å². The van der Waals surface area contributed by atoms with Gasteiger partial charge in [-0.2, -0.15) is 0 Å². The summed E-state index contributed by atoms with van der Waals surface area (Å²) in [6, 6.07) is 4.95. The zero-order chi connectivity index (χ0) is 11.5. The van der Waals surface area contributed by atoms with Crippen molar-refractivity contribution in [2.75, 3.05) is 20.7 Å². The summed E-state index contributed by atoms with van der Waals surface area (Å²) < 4.78 is 19.4. The van der Waals surface area contributed by atoms with E-state index >= 15 is 0 Å². The molecule has 0 spiro atoms. The van der Waals surface area contributed by atoms with Crippen LogP contribution < -0.4 is 10.1 Å². The Morgan fingerprint density at radius 2 is 2.20 bits per heavy atom. The molecule has 1 rings (SSSR count). The van der Waals surface area contributed by atoms with Crippen LogP contribution in [0.1, 0.15) is 12.5 Å². The molecule has 0 amide bonds. The summed E-state index contributed by atoms with van der Waals surface area (Å²) in [5.74, 6) is 0.514. The van der Waals surface area contributed by atoms with Crippen LogP contribution >= 0.6 is 11.6 Å². The maximum Gasteiger partial charge on any atom is 0.149 e. The van der Waals surface area contributed by atoms with Gasteiger partial charge in [-0.3, -0.25) is 0 Å². The first-order chi connectivity index (χ1) is 7.01. The largest absolute Gasteiger partial charge is 0.496 e. The van der Waals surface area contributed by atoms with Gasteiger partial charge in [-0.1, -0.05) is 11.6 Å². The van der Waals surface area contributed by atoms with Crippen LogP contribution in [0.25, 0.3) is 0 Å². The molecule has 1 aromatic rings. The van der Waals surface area contributed by atoms with Crippen molar-refractivity contribution in [1.29, 1.82) is 0 Å². The molecule has 0 aromatic heterocycles. The zero-order valence-corrected chi connectivity index (χ0v) is 9.86. The first-order valence-corrected chi connectivity index (χ1v) is 5.06. The number of alkyl halides is 1. The number of rotatable bonds is 4. The van der Waals surface area contributed by atoms with Crippen LogP contribution in [0.2, 0.25) is 5.02 Å². The molecule has 4 heteroatoms. The van der Waals surface area contributed by atoms with Gasteiger partial charge < -0.3 is 10.1 Å². The van der Waals surface area contributed by atoms with E-state index < -0.39 is 5.67 Å². The number of ether oxygens (including phenoxy) is 1. The quantitative estimate of drug-likeness (QED) is 0.861. The average Bonchev–Trinajstić information content (AvgIpc) is 2.17. The van der Waals surface area contributed by atoms with Crippen LogP contribution in [-0.4, -0.2) is 20.7 Å². The SMILES string of the molecule is CNCC(C)(F)c1cc(Cl)ccc1OC. The molecule has 0 fully saturated rings. The van der Waals surface area contributed by atoms with Crippen molar-refractivity contribution in [3.05, 3.63) is 28.8 Å². The van der Waals surface area contributed by atoms with Gasteiger partial charge in [-0.15, -0.1) is 0 Å². The molecule has 0 heterocycles. The van der Waals surface area contributed by atoms with E-state index in [1.165, 1.54) is 14.0 Å². The lowest BCUT2D eigenvalue weighted by atomic mass is 9.97. The fourth-order valence-corrected chi connectivity index (χ4v) is 1.69. The minimum atomic E-state index is -1.50. The van der Waals surface area contributed by atoms with Gasteiger partial charge in [0.25, 0.3) is 0 Å². The van der Waals surface area contributed by atoms with Crippen molar-refractivity contribution < 1.29 is 9.13 Å². The summed E-state index contributed by atoms with van der Waals surface area (Å²) in [7, 11) is 3.22. The van der Waals surface area contributed by atoms with Crippen molar-refractivity contribution in [3.8, 4) is 5.75 Å². The predicted octanol–water partition coefficient (Wildman–Crippen LogP) is 2.75. The molecule has 2 nitrogen and oxygen atoms in total. The molecule has 1 unspecified atom stereocenters. The number of halogens is 2. The summed E-state index contributed by atoms with van der Waals surface area (Å²) >= 11 is 5.84. The summed E-state index contributed by atoms with van der Waals surface area (Å²) in [6.07, 6.45) is 0. The molecule has 0 bridgehead atoms. The van der Waals surface area contributed by atoms with Crippen LogP contribution in [0.5, 0.6) is 5.75 Å². The minimum absolute atomic E-state index is 0.212. The number of hydrogen-bond donors (Lipinski definition) is 1. The molecular weight excluding hydrogens is 217 g/mol. The molecular formula is C11H15ClFNO. The standard InChI is InChI=1S/C11H15ClFNO/c1-11(13,7-14-2)9-6-8(12)4-5-10(9)15-3/h4-6,14H,7H2,1-3H3. The summed E-state index contributed by atoms with van der Waals surface area (Å²) in [5.41, 5.74) is -1.03. The van der Waals surface area contributed by atoms with Gasteiger partial charge in [0, 0.05) is 17.1 Å². The van der Waals surface area contributed by atoms with Gasteiger partial charge in [-0.25, -0.2) is 4.39 Å². The van der Waals surface area contributed by atoms with Gasteiger partial charge in [0.05, 0.1) is 7.11 Å². The van der Waals surface area contributed by atoms with E-state index in [1.54, 1.807) is 25.2 Å². The summed E-state index contributed by atoms with van der Waals surface area (Å²) in [4.78, 5) is 0. The van der Waals surface area contributed by atoms with E-state index in [2.05, 4.69) is 5.32 Å². The van der Waals surface area contributed by atoms with Gasteiger partial charge in [0.2, 0.25) is 0 Å². The van der Waals surface area contributed by atoms with E-state index in [9.17, 15) is 4.39 Å². The highest BCUT2D eigenvalue weighted by Gasteiger charge is 2.28. The van der Waals surface area contributed by atoms with Gasteiger partial charge >= 0.3 is 0 Å². The van der Waals surface area contributed by atoms with E-state index in [-0.39, 0.29) is 6.54 Å². The Hall–Kier alpha value is -0.800. The second-order valence-corrected chi connectivity index (χ2v) is 4.01. The number of benzene rings is 1. The second-order valence-electron chi connectivity index (χ2n) is 3.57. The highest BCUT2D eigenvalue weighted by molar-refractivity contribution is 6.30. The smallest absolute Gasteiger partial charge is 0.149 e. The van der Waals surface area contributed by atoms with Crippen LogP contribution in [0.3, 0.4) is 0 Å². The topological polar surface area (TPSA) is 21.3 Å². The van der Waals surface area contributed by atoms with Crippen LogP contribution in [0.15, 0.2) is 18.2 Å². The molecule has 0 aliphatic carbocycles. The first kappa shape index (κ1) is 12.3. The highest BCUT2D eigenvalue weighted by Crippen LogP contribution is 2.34. The molecule has 0 saturated carbocycles. The maximum absolute atomic E-state index is 14.2. The monoisotopic (exact) mass is 231 g/mol. The van der Waals surface area contributed by atoms with Crippen molar-refractivity contribution in [2.24, 2.45) is 0 Å². The van der Waals surface area contributed by atoms with Gasteiger partial charge in [0.15, 0.2) is 0 Å². The van der Waals surface area contributed by atoms with E-state index in [4.69, 9.17) is 16.3 Å². The lowest BCUT2D eigenvalue weighted by Gasteiger charge is -2.22. The molecule has 1 atom stereocenters. The average molecular weight is 232 g/mol. The number of methoxy groups -OCH3 is 1. The fraction of sp³-hybridized carbons (Fsp3) is 0.455. The molecule has 0 saturated heterocycles. The molecule has 84 valence electrons. The minimum Gasteiger partial charge on any atom is -0.496 e. The van der Waals surface area contributed by atoms with Crippen LogP contribution in [0.4, 0.5) is 4.39 Å². The van der Waals surface area contributed by atoms with Crippen molar-refractivity contribution in [3.63, 3.8) is 0 Å². The van der Waals surface area contributed by atoms with Crippen molar-refractivity contribution >= 4 is 11.6 Å². The van der Waals surface area contributed by atoms with Crippen LogP contribution in [-0.2, 0) is 5.67 Å². The van der Waals surface area contributed by atoms with E-state index in [0.29, 0.717) is 16.3 Å². The Morgan fingerprint density at radius 1 is 1.53 bits per heavy atom. The third-order valence-corrected chi connectivity index (χ3v) is 2.47. The Balaban J connectivity index is 3.15. The van der Waals surface area contributed by atoms with Gasteiger partial charge in [0.1, 0.15) is 11.4 Å². The fourth-order valence-electron chi connectivity index (χ4n) is 1.51. The lowest BCUT2D eigenvalue weighted by Crippen LogP contribution is -2.29. The molecule has 0 aliphatic rings. The summed E-state index contributed by atoms with van der Waals surface area (Å²) in [5, 5.41) is 3.31. The number of likely N-dealkylation sites (N-methyl/N-ethyl adjacent to an activating group) is 1. The zero-order valence-electron chi connectivity index (χ0n) is 9.10. The summed E-state index contributed by atoms with van der Waals surface area (Å²) in [6.45, 7) is 1.71. The predicted molar refractivity (Wildman–Crippen MR) is 60.4 cm³/mol. The molecule has 1 aromatic carbocycles. The first-order valence-electron chi connectivity index (χ1n) is 4.69. The molecule has 1 N–H and O–H groups in total. The van der Waals surface area contributed by atoms with E-state index in [0.717, 1.165) is 0 Å². The van der Waals surface area contributed by atoms with Crippen LogP contribution in [0, 0.1) is 0 Å². The van der Waals surface area contributed by atoms with Crippen molar-refractivity contribution in [1.82, 2.24) is 5.32 Å². The Morgan fingerprint density at radius 3 is 2.73 bits per heavy atom. The van der Waals surface area contributed by atoms with Crippen molar-refractivity contribution in [2.45, 2.75) is 12.6 Å². The normalized spacial score (nSPS) is 14.7. The third kappa shape index (κ3) is 2.83. The van der Waals surface area contributed by atoms with Gasteiger partial charge in [-0.05, 0) is 32.2 Å². The molecule has 0 aliphatic heterocycles. The second kappa shape index (κ2) is 4.81.